The third kappa shape index (κ3) is 36.9. The van der Waals surface area contributed by atoms with Gasteiger partial charge in [-0.25, -0.2) is 4.57 Å². The SMILES string of the molecule is CCCCCCCCCCCCCCCC(=O)OCC(COP(=O)(O)OCC[N+](C)(C)C)OC(=O)CCCCCCCC(Cl)C(O)CCCCCCCC. The summed E-state index contributed by atoms with van der Waals surface area (Å²) in [6, 6.07) is 0. The molecule has 0 rings (SSSR count). The first kappa shape index (κ1) is 53.3. The summed E-state index contributed by atoms with van der Waals surface area (Å²) in [7, 11) is 1.42. The molecule has 0 saturated carbocycles. The van der Waals surface area contributed by atoms with Crippen molar-refractivity contribution < 1.29 is 47.2 Å². The summed E-state index contributed by atoms with van der Waals surface area (Å²) in [6.45, 7) is 4.28. The maximum Gasteiger partial charge on any atom is 0.472 e. The molecule has 0 aromatic heterocycles. The standard InChI is InChI=1S/C42H83ClNO9P/c1-6-8-10-12-14-15-16-17-18-19-20-24-28-32-41(46)50-36-38(37-52-54(48,49)51-35-34-44(3,4)5)53-42(47)33-29-25-21-22-26-30-39(43)40(45)31-27-23-13-11-9-7-2/h38-40,45H,6-37H2,1-5H3/p+1. The maximum atomic E-state index is 12.7. The van der Waals surface area contributed by atoms with Crippen LogP contribution in [0.1, 0.15) is 194 Å². The fourth-order valence-electron chi connectivity index (χ4n) is 6.20. The summed E-state index contributed by atoms with van der Waals surface area (Å²) in [4.78, 5) is 35.4. The number of carbonyl (C=O) groups is 2. The molecule has 2 N–H and O–H groups in total. The molecule has 0 fully saturated rings. The molecule has 0 aliphatic carbocycles. The summed E-state index contributed by atoms with van der Waals surface area (Å²) in [6.07, 6.45) is 27.7. The number of phosphoric ester groups is 1. The van der Waals surface area contributed by atoms with Crippen molar-refractivity contribution in [1.82, 2.24) is 0 Å². The number of likely N-dealkylation sites (N-methyl/N-ethyl adjacent to an activating group) is 1. The van der Waals surface area contributed by atoms with Crippen LogP contribution >= 0.6 is 19.4 Å². The van der Waals surface area contributed by atoms with E-state index >= 15 is 0 Å². The second kappa shape index (κ2) is 35.4. The second-order valence-electron chi connectivity index (χ2n) is 16.3. The number of esters is 2. The molecule has 0 saturated heterocycles. The van der Waals surface area contributed by atoms with E-state index in [0.717, 1.165) is 70.6 Å². The molecule has 4 unspecified atom stereocenters. The van der Waals surface area contributed by atoms with Gasteiger partial charge in [0.1, 0.15) is 19.8 Å². The molecule has 0 aliphatic rings. The van der Waals surface area contributed by atoms with E-state index in [2.05, 4.69) is 13.8 Å². The fourth-order valence-corrected chi connectivity index (χ4v) is 7.22. The normalized spacial score (nSPS) is 14.7. The molecule has 0 aromatic carbocycles. The average molecular weight is 814 g/mol. The van der Waals surface area contributed by atoms with Crippen LogP contribution in [0.25, 0.3) is 0 Å². The van der Waals surface area contributed by atoms with E-state index in [9.17, 15) is 24.2 Å². The maximum absolute atomic E-state index is 12.7. The van der Waals surface area contributed by atoms with Crippen LogP contribution in [0.4, 0.5) is 0 Å². The van der Waals surface area contributed by atoms with Crippen molar-refractivity contribution in [2.45, 2.75) is 211 Å². The first-order valence-electron chi connectivity index (χ1n) is 21.9. The summed E-state index contributed by atoms with van der Waals surface area (Å²) in [5.74, 6) is -0.867. The van der Waals surface area contributed by atoms with Gasteiger partial charge in [-0.3, -0.25) is 18.6 Å². The van der Waals surface area contributed by atoms with Crippen molar-refractivity contribution in [3.63, 3.8) is 0 Å². The Morgan fingerprint density at radius 3 is 1.52 bits per heavy atom. The molecule has 0 bridgehead atoms. The van der Waals surface area contributed by atoms with Crippen molar-refractivity contribution >= 4 is 31.4 Å². The molecule has 10 nitrogen and oxygen atoms in total. The number of phosphoric acid groups is 1. The van der Waals surface area contributed by atoms with Gasteiger partial charge in [0.15, 0.2) is 6.10 Å². The third-order valence-corrected chi connectivity index (χ3v) is 11.3. The Bertz CT molecular complexity index is 936. The number of ether oxygens (including phenoxy) is 2. The number of aliphatic hydroxyl groups is 1. The average Bonchev–Trinajstić information content (AvgIpc) is 3.11. The number of nitrogens with zero attached hydrogens (tertiary/aromatic N) is 1. The Morgan fingerprint density at radius 1 is 0.611 bits per heavy atom. The Labute approximate surface area is 336 Å². The number of halogens is 1. The minimum atomic E-state index is -4.40. The quantitative estimate of drug-likeness (QED) is 0.0204. The number of rotatable bonds is 40. The third-order valence-electron chi connectivity index (χ3n) is 9.78. The minimum absolute atomic E-state index is 0.0150. The van der Waals surface area contributed by atoms with Gasteiger partial charge in [0, 0.05) is 12.8 Å². The van der Waals surface area contributed by atoms with E-state index in [0.29, 0.717) is 17.4 Å². The van der Waals surface area contributed by atoms with E-state index in [4.69, 9.17) is 30.1 Å². The zero-order valence-electron chi connectivity index (χ0n) is 35.4. The Kier molecular flexibility index (Phi) is 34.9. The Morgan fingerprint density at radius 2 is 1.04 bits per heavy atom. The summed E-state index contributed by atoms with van der Waals surface area (Å²) < 4.78 is 34.2. The molecule has 12 heteroatoms. The highest BCUT2D eigenvalue weighted by Gasteiger charge is 2.27. The van der Waals surface area contributed by atoms with Crippen LogP contribution in [0.2, 0.25) is 0 Å². The molecule has 0 radical (unpaired) electrons. The van der Waals surface area contributed by atoms with E-state index in [1.54, 1.807) is 0 Å². The van der Waals surface area contributed by atoms with Crippen LogP contribution in [0.15, 0.2) is 0 Å². The molecular weight excluding hydrogens is 729 g/mol. The first-order valence-corrected chi connectivity index (χ1v) is 23.8. The van der Waals surface area contributed by atoms with E-state index in [1.807, 2.05) is 21.1 Å². The van der Waals surface area contributed by atoms with Crippen LogP contribution in [-0.2, 0) is 32.7 Å². The van der Waals surface area contributed by atoms with E-state index in [1.165, 1.54) is 89.9 Å². The second-order valence-corrected chi connectivity index (χ2v) is 18.4. The predicted molar refractivity (Wildman–Crippen MR) is 222 cm³/mol. The van der Waals surface area contributed by atoms with Crippen LogP contribution in [-0.4, -0.2) is 91.5 Å². The number of aliphatic hydroxyl groups excluding tert-OH is 1. The number of carbonyl (C=O) groups excluding carboxylic acids is 2. The zero-order chi connectivity index (χ0) is 40.3. The van der Waals surface area contributed by atoms with Gasteiger partial charge in [0.2, 0.25) is 0 Å². The highest BCUT2D eigenvalue weighted by Crippen LogP contribution is 2.43. The molecule has 4 atom stereocenters. The molecule has 0 amide bonds. The van der Waals surface area contributed by atoms with Crippen molar-refractivity contribution in [3.05, 3.63) is 0 Å². The largest absolute Gasteiger partial charge is 0.472 e. The molecule has 0 spiro atoms. The van der Waals surface area contributed by atoms with Crippen molar-refractivity contribution in [2.24, 2.45) is 0 Å². The van der Waals surface area contributed by atoms with Crippen molar-refractivity contribution in [3.8, 4) is 0 Å². The van der Waals surface area contributed by atoms with Gasteiger partial charge in [-0.05, 0) is 25.7 Å². The van der Waals surface area contributed by atoms with Crippen molar-refractivity contribution in [2.75, 3.05) is 47.5 Å². The number of hydrogen-bond acceptors (Lipinski definition) is 8. The zero-order valence-corrected chi connectivity index (χ0v) is 37.0. The Hall–Kier alpha value is -0.740. The van der Waals surface area contributed by atoms with Crippen LogP contribution in [0, 0.1) is 0 Å². The number of alkyl halides is 1. The lowest BCUT2D eigenvalue weighted by Crippen LogP contribution is -2.37. The first-order chi connectivity index (χ1) is 25.8. The van der Waals surface area contributed by atoms with Crippen molar-refractivity contribution in [1.29, 1.82) is 0 Å². The molecule has 322 valence electrons. The monoisotopic (exact) mass is 813 g/mol. The molecular formula is C42H84ClNO9P+. The summed E-state index contributed by atoms with van der Waals surface area (Å²) in [5.41, 5.74) is 0. The number of unbranched alkanes of at least 4 members (excludes halogenated alkanes) is 21. The van der Waals surface area contributed by atoms with Gasteiger partial charge in [0.05, 0.1) is 39.2 Å². The summed E-state index contributed by atoms with van der Waals surface area (Å²) in [5, 5.41) is 10.1. The highest BCUT2D eigenvalue weighted by atomic mass is 35.5. The van der Waals surface area contributed by atoms with Crippen LogP contribution < -0.4 is 0 Å². The molecule has 0 heterocycles. The van der Waals surface area contributed by atoms with Gasteiger partial charge in [0.25, 0.3) is 0 Å². The van der Waals surface area contributed by atoms with Gasteiger partial charge < -0.3 is 24.0 Å². The minimum Gasteiger partial charge on any atom is -0.462 e. The Balaban J connectivity index is 4.46. The van der Waals surface area contributed by atoms with E-state index < -0.39 is 32.6 Å². The lowest BCUT2D eigenvalue weighted by Gasteiger charge is -2.24. The van der Waals surface area contributed by atoms with Crippen LogP contribution in [0.5, 0.6) is 0 Å². The lowest BCUT2D eigenvalue weighted by molar-refractivity contribution is -0.870. The number of quaternary nitrogens is 1. The van der Waals surface area contributed by atoms with Gasteiger partial charge in [-0.2, -0.15) is 0 Å². The predicted octanol–water partition coefficient (Wildman–Crippen LogP) is 11.2. The fraction of sp³-hybridized carbons (Fsp3) is 0.952. The number of hydrogen-bond donors (Lipinski definition) is 2. The van der Waals surface area contributed by atoms with Crippen LogP contribution in [0.3, 0.4) is 0 Å². The molecule has 0 aromatic rings. The lowest BCUT2D eigenvalue weighted by atomic mass is 10.0. The van der Waals surface area contributed by atoms with Gasteiger partial charge in [-0.15, -0.1) is 11.6 Å². The molecule has 54 heavy (non-hydrogen) atoms. The van der Waals surface area contributed by atoms with E-state index in [-0.39, 0.29) is 37.4 Å². The highest BCUT2D eigenvalue weighted by molar-refractivity contribution is 7.47. The van der Waals surface area contributed by atoms with Gasteiger partial charge in [-0.1, -0.05) is 155 Å². The van der Waals surface area contributed by atoms with Gasteiger partial charge >= 0.3 is 19.8 Å². The molecule has 0 aliphatic heterocycles. The summed E-state index contributed by atoms with van der Waals surface area (Å²) >= 11 is 6.45. The topological polar surface area (TPSA) is 129 Å². The smallest absolute Gasteiger partial charge is 0.462 e.